The number of thiazole rings is 1. The molecule has 0 atom stereocenters. The number of hydrogen-bond acceptors (Lipinski definition) is 4. The third kappa shape index (κ3) is 2.35. The summed E-state index contributed by atoms with van der Waals surface area (Å²) < 4.78 is 6.41. The van der Waals surface area contributed by atoms with Gasteiger partial charge in [-0.3, -0.25) is 0 Å². The summed E-state index contributed by atoms with van der Waals surface area (Å²) in [7, 11) is 0. The summed E-state index contributed by atoms with van der Waals surface area (Å²) in [5.74, 6) is 1.87. The lowest BCUT2D eigenvalue weighted by atomic mass is 10.4. The van der Waals surface area contributed by atoms with Gasteiger partial charge in [-0.25, -0.2) is 4.98 Å². The Morgan fingerprint density at radius 2 is 2.54 bits per heavy atom. The molecule has 0 saturated heterocycles. The van der Waals surface area contributed by atoms with Crippen molar-refractivity contribution in [1.29, 1.82) is 0 Å². The Balaban J connectivity index is 1.93. The molecule has 4 heteroatoms. The quantitative estimate of drug-likeness (QED) is 0.728. The summed E-state index contributed by atoms with van der Waals surface area (Å²) >= 11 is 3.37. The molecule has 0 spiro atoms. The van der Waals surface area contributed by atoms with Crippen LogP contribution in [0.15, 0.2) is 32.7 Å². The molecule has 2 rings (SSSR count). The monoisotopic (exact) mass is 211 g/mol. The first-order valence-corrected chi connectivity index (χ1v) is 5.77. The summed E-state index contributed by atoms with van der Waals surface area (Å²) in [6.45, 7) is 2.03. The van der Waals surface area contributed by atoms with Gasteiger partial charge in [0.25, 0.3) is 0 Å². The van der Waals surface area contributed by atoms with E-state index in [0.29, 0.717) is 0 Å². The molecule has 0 unspecified atom stereocenters. The van der Waals surface area contributed by atoms with Gasteiger partial charge in [-0.2, -0.15) is 0 Å². The van der Waals surface area contributed by atoms with Crippen molar-refractivity contribution in [2.75, 3.05) is 0 Å². The van der Waals surface area contributed by atoms with Gasteiger partial charge in [-0.15, -0.1) is 11.3 Å². The van der Waals surface area contributed by atoms with Gasteiger partial charge in [0, 0.05) is 11.6 Å². The maximum absolute atomic E-state index is 5.32. The standard InChI is InChI=1S/C9H9NOS2/c1-7-4-8(11-5-7)6-13-9-10-2-3-12-9/h2-5H,6H2,1H3. The summed E-state index contributed by atoms with van der Waals surface area (Å²) in [6, 6.07) is 2.06. The average Bonchev–Trinajstić information content (AvgIpc) is 2.71. The summed E-state index contributed by atoms with van der Waals surface area (Å²) in [5.41, 5.74) is 1.18. The molecule has 0 radical (unpaired) electrons. The Labute approximate surface area is 85.0 Å². The summed E-state index contributed by atoms with van der Waals surface area (Å²) in [5, 5.41) is 1.98. The fourth-order valence-corrected chi connectivity index (χ4v) is 2.51. The third-order valence-corrected chi connectivity index (χ3v) is 3.52. The highest BCUT2D eigenvalue weighted by molar-refractivity contribution is 8.00. The van der Waals surface area contributed by atoms with Crippen LogP contribution in [0.1, 0.15) is 11.3 Å². The molecule has 0 aliphatic heterocycles. The van der Waals surface area contributed by atoms with Crippen LogP contribution in [0.4, 0.5) is 0 Å². The zero-order valence-corrected chi connectivity index (χ0v) is 8.82. The molecule has 0 amide bonds. The molecule has 2 aromatic rings. The van der Waals surface area contributed by atoms with Crippen LogP contribution in [0, 0.1) is 6.92 Å². The number of rotatable bonds is 3. The van der Waals surface area contributed by atoms with Crippen molar-refractivity contribution in [1.82, 2.24) is 4.98 Å². The smallest absolute Gasteiger partial charge is 0.150 e. The van der Waals surface area contributed by atoms with Crippen molar-refractivity contribution < 1.29 is 4.42 Å². The molecule has 0 aliphatic carbocycles. The van der Waals surface area contributed by atoms with Crippen LogP contribution in [0.2, 0.25) is 0 Å². The largest absolute Gasteiger partial charge is 0.468 e. The maximum atomic E-state index is 5.32. The van der Waals surface area contributed by atoms with Gasteiger partial charge in [0.15, 0.2) is 0 Å². The van der Waals surface area contributed by atoms with Gasteiger partial charge < -0.3 is 4.42 Å². The van der Waals surface area contributed by atoms with E-state index in [2.05, 4.69) is 11.1 Å². The number of aromatic nitrogens is 1. The average molecular weight is 211 g/mol. The van der Waals surface area contributed by atoms with Gasteiger partial charge in [-0.1, -0.05) is 11.8 Å². The molecule has 2 nitrogen and oxygen atoms in total. The van der Waals surface area contributed by atoms with Crippen molar-refractivity contribution in [2.45, 2.75) is 17.0 Å². The molecular weight excluding hydrogens is 202 g/mol. The second kappa shape index (κ2) is 3.98. The first-order valence-electron chi connectivity index (χ1n) is 3.91. The number of furan rings is 1. The highest BCUT2D eigenvalue weighted by Crippen LogP contribution is 2.24. The molecular formula is C9H9NOS2. The van der Waals surface area contributed by atoms with E-state index >= 15 is 0 Å². The molecule has 0 fully saturated rings. The van der Waals surface area contributed by atoms with E-state index in [1.165, 1.54) is 5.56 Å². The van der Waals surface area contributed by atoms with Crippen LogP contribution < -0.4 is 0 Å². The molecule has 0 aliphatic rings. The zero-order valence-electron chi connectivity index (χ0n) is 7.19. The number of nitrogens with zero attached hydrogens (tertiary/aromatic N) is 1. The van der Waals surface area contributed by atoms with Crippen molar-refractivity contribution >= 4 is 23.1 Å². The number of aryl methyl sites for hydroxylation is 1. The Morgan fingerprint density at radius 1 is 1.62 bits per heavy atom. The lowest BCUT2D eigenvalue weighted by Gasteiger charge is -1.91. The Morgan fingerprint density at radius 3 is 3.15 bits per heavy atom. The van der Waals surface area contributed by atoms with Crippen LogP contribution in [0.3, 0.4) is 0 Å². The van der Waals surface area contributed by atoms with Crippen molar-refractivity contribution in [2.24, 2.45) is 0 Å². The predicted molar refractivity (Wildman–Crippen MR) is 55.1 cm³/mol. The fraction of sp³-hybridized carbons (Fsp3) is 0.222. The van der Waals surface area contributed by atoms with Gasteiger partial charge in [0.2, 0.25) is 0 Å². The van der Waals surface area contributed by atoms with Crippen LogP contribution in [-0.4, -0.2) is 4.98 Å². The van der Waals surface area contributed by atoms with Crippen LogP contribution >= 0.6 is 23.1 Å². The van der Waals surface area contributed by atoms with Crippen molar-refractivity contribution in [3.05, 3.63) is 35.2 Å². The molecule has 0 saturated carbocycles. The maximum Gasteiger partial charge on any atom is 0.150 e. The summed E-state index contributed by atoms with van der Waals surface area (Å²) in [6.07, 6.45) is 3.60. The van der Waals surface area contributed by atoms with E-state index in [1.54, 1.807) is 29.4 Å². The van der Waals surface area contributed by atoms with E-state index in [1.807, 2.05) is 18.5 Å². The van der Waals surface area contributed by atoms with Crippen molar-refractivity contribution in [3.8, 4) is 0 Å². The summed E-state index contributed by atoms with van der Waals surface area (Å²) in [4.78, 5) is 4.18. The zero-order chi connectivity index (χ0) is 9.10. The fourth-order valence-electron chi connectivity index (χ4n) is 0.981. The first-order chi connectivity index (χ1) is 6.34. The second-order valence-corrected chi connectivity index (χ2v) is 4.79. The predicted octanol–water partition coefficient (Wildman–Crippen LogP) is 3.34. The molecule has 2 heterocycles. The minimum absolute atomic E-state index is 0.862. The van der Waals surface area contributed by atoms with Gasteiger partial charge >= 0.3 is 0 Å². The van der Waals surface area contributed by atoms with E-state index in [-0.39, 0.29) is 0 Å². The SMILES string of the molecule is Cc1coc(CSc2nccs2)c1. The lowest BCUT2D eigenvalue weighted by molar-refractivity contribution is 0.529. The third-order valence-electron chi connectivity index (χ3n) is 1.53. The van der Waals surface area contributed by atoms with Gasteiger partial charge in [0.05, 0.1) is 12.0 Å². The normalized spacial score (nSPS) is 10.5. The van der Waals surface area contributed by atoms with E-state index in [4.69, 9.17) is 4.42 Å². The lowest BCUT2D eigenvalue weighted by Crippen LogP contribution is -1.73. The Kier molecular flexibility index (Phi) is 2.71. The van der Waals surface area contributed by atoms with E-state index in [0.717, 1.165) is 15.9 Å². The molecule has 0 N–H and O–H groups in total. The molecule has 68 valence electrons. The highest BCUT2D eigenvalue weighted by atomic mass is 32.2. The number of thioether (sulfide) groups is 1. The Bertz CT molecular complexity index is 367. The van der Waals surface area contributed by atoms with Crippen LogP contribution in [0.5, 0.6) is 0 Å². The minimum Gasteiger partial charge on any atom is -0.468 e. The molecule has 0 bridgehead atoms. The van der Waals surface area contributed by atoms with Gasteiger partial charge in [-0.05, 0) is 18.6 Å². The topological polar surface area (TPSA) is 26.0 Å². The molecule has 13 heavy (non-hydrogen) atoms. The molecule has 2 aromatic heterocycles. The van der Waals surface area contributed by atoms with Crippen LogP contribution in [-0.2, 0) is 5.75 Å². The van der Waals surface area contributed by atoms with E-state index < -0.39 is 0 Å². The Hall–Kier alpha value is -0.740. The second-order valence-electron chi connectivity index (χ2n) is 2.68. The van der Waals surface area contributed by atoms with Crippen molar-refractivity contribution in [3.63, 3.8) is 0 Å². The first kappa shape index (κ1) is 8.84. The number of hydrogen-bond donors (Lipinski definition) is 0. The molecule has 0 aromatic carbocycles. The van der Waals surface area contributed by atoms with Gasteiger partial charge in [0.1, 0.15) is 10.1 Å². The van der Waals surface area contributed by atoms with E-state index in [9.17, 15) is 0 Å². The minimum atomic E-state index is 0.862. The van der Waals surface area contributed by atoms with Crippen LogP contribution in [0.25, 0.3) is 0 Å². The highest BCUT2D eigenvalue weighted by Gasteiger charge is 2.01.